The zero-order valence-electron chi connectivity index (χ0n) is 10.9. The van der Waals surface area contributed by atoms with Gasteiger partial charge in [0.1, 0.15) is 0 Å². The van der Waals surface area contributed by atoms with Crippen molar-refractivity contribution in [3.63, 3.8) is 0 Å². The van der Waals surface area contributed by atoms with E-state index in [-0.39, 0.29) is 11.7 Å². The van der Waals surface area contributed by atoms with Crippen LogP contribution in [0.5, 0.6) is 0 Å². The quantitative estimate of drug-likeness (QED) is 0.769. The van der Waals surface area contributed by atoms with E-state index in [0.29, 0.717) is 6.54 Å². The Kier molecular flexibility index (Phi) is 3.19. The molecule has 1 aromatic heterocycles. The van der Waals surface area contributed by atoms with Gasteiger partial charge < -0.3 is 4.57 Å². The van der Waals surface area contributed by atoms with Crippen molar-refractivity contribution in [2.24, 2.45) is 5.92 Å². The minimum absolute atomic E-state index is 0.277. The number of ketones is 1. The molecule has 1 aromatic carbocycles. The van der Waals surface area contributed by atoms with Gasteiger partial charge in [0, 0.05) is 35.4 Å². The molecule has 0 bridgehead atoms. The Bertz CT molecular complexity index is 625. The van der Waals surface area contributed by atoms with E-state index in [4.69, 9.17) is 11.6 Å². The van der Waals surface area contributed by atoms with Gasteiger partial charge in [0.25, 0.3) is 0 Å². The van der Waals surface area contributed by atoms with Gasteiger partial charge in [-0.25, -0.2) is 0 Å². The highest BCUT2D eigenvalue weighted by atomic mass is 35.5. The lowest BCUT2D eigenvalue weighted by atomic mass is 10.1. The average Bonchev–Trinajstić information content (AvgIpc) is 3.12. The number of hydrogen-bond acceptors (Lipinski definition) is 1. The second-order valence-electron chi connectivity index (χ2n) is 5.31. The fourth-order valence-corrected chi connectivity index (χ4v) is 2.54. The first kappa shape index (κ1) is 12.5. The standard InChI is InChI=1S/C16H16ClNO/c1-11-2-3-13(15(17)8-11)9-18-7-6-14(10-18)16(19)12-4-5-12/h2-3,6-8,10,12H,4-5,9H2,1H3. The first-order valence-corrected chi connectivity index (χ1v) is 6.96. The number of aryl methyl sites for hydroxylation is 1. The Labute approximate surface area is 118 Å². The molecule has 19 heavy (non-hydrogen) atoms. The summed E-state index contributed by atoms with van der Waals surface area (Å²) in [6.07, 6.45) is 5.98. The molecule has 1 saturated carbocycles. The van der Waals surface area contributed by atoms with Crippen LogP contribution in [0, 0.1) is 12.8 Å². The summed E-state index contributed by atoms with van der Waals surface area (Å²) in [6.45, 7) is 2.73. The number of carbonyl (C=O) groups excluding carboxylic acids is 1. The van der Waals surface area contributed by atoms with Crippen LogP contribution in [0.25, 0.3) is 0 Å². The minimum atomic E-state index is 0.277. The van der Waals surface area contributed by atoms with Crippen molar-refractivity contribution >= 4 is 17.4 Å². The van der Waals surface area contributed by atoms with E-state index in [1.54, 1.807) is 0 Å². The molecule has 0 spiro atoms. The van der Waals surface area contributed by atoms with Gasteiger partial charge >= 0.3 is 0 Å². The van der Waals surface area contributed by atoms with Crippen molar-refractivity contribution in [1.29, 1.82) is 0 Å². The monoisotopic (exact) mass is 273 g/mol. The van der Waals surface area contributed by atoms with Gasteiger partial charge in [0.05, 0.1) is 0 Å². The molecule has 0 saturated heterocycles. The van der Waals surface area contributed by atoms with Gasteiger partial charge in [-0.3, -0.25) is 4.79 Å². The molecule has 0 amide bonds. The Hall–Kier alpha value is -1.54. The molecule has 0 atom stereocenters. The van der Waals surface area contributed by atoms with Crippen LogP contribution in [0.3, 0.4) is 0 Å². The van der Waals surface area contributed by atoms with Crippen LogP contribution in [-0.4, -0.2) is 10.4 Å². The molecule has 0 aliphatic heterocycles. The van der Waals surface area contributed by atoms with Crippen LogP contribution in [0.2, 0.25) is 5.02 Å². The van der Waals surface area contributed by atoms with E-state index in [2.05, 4.69) is 6.07 Å². The molecule has 2 aromatic rings. The van der Waals surface area contributed by atoms with Gasteiger partial charge in [0.15, 0.2) is 5.78 Å². The summed E-state index contributed by atoms with van der Waals surface area (Å²) in [7, 11) is 0. The zero-order chi connectivity index (χ0) is 13.4. The third kappa shape index (κ3) is 2.74. The van der Waals surface area contributed by atoms with Crippen LogP contribution < -0.4 is 0 Å². The number of benzene rings is 1. The summed E-state index contributed by atoms with van der Waals surface area (Å²) in [6, 6.07) is 7.97. The summed E-state index contributed by atoms with van der Waals surface area (Å²) < 4.78 is 2.02. The highest BCUT2D eigenvalue weighted by Crippen LogP contribution is 2.32. The second kappa shape index (κ2) is 4.86. The Balaban J connectivity index is 1.77. The molecule has 3 rings (SSSR count). The lowest BCUT2D eigenvalue weighted by molar-refractivity contribution is 0.0967. The van der Waals surface area contributed by atoms with Crippen LogP contribution in [0.15, 0.2) is 36.7 Å². The second-order valence-corrected chi connectivity index (χ2v) is 5.71. The Morgan fingerprint density at radius 1 is 1.37 bits per heavy atom. The molecular weight excluding hydrogens is 258 g/mol. The largest absolute Gasteiger partial charge is 0.349 e. The summed E-state index contributed by atoms with van der Waals surface area (Å²) in [5, 5.41) is 0.781. The summed E-state index contributed by atoms with van der Waals surface area (Å²) in [5.41, 5.74) is 3.06. The molecule has 0 unspecified atom stereocenters. The molecule has 1 aliphatic rings. The topological polar surface area (TPSA) is 22.0 Å². The molecule has 2 nitrogen and oxygen atoms in total. The molecule has 3 heteroatoms. The fourth-order valence-electron chi connectivity index (χ4n) is 2.24. The maximum atomic E-state index is 11.9. The number of hydrogen-bond donors (Lipinski definition) is 0. The number of halogens is 1. The number of Topliss-reactive ketones (excluding diaryl/α,β-unsaturated/α-hetero) is 1. The van der Waals surface area contributed by atoms with Gasteiger partial charge in [-0.1, -0.05) is 23.7 Å². The van der Waals surface area contributed by atoms with Crippen molar-refractivity contribution in [3.05, 3.63) is 58.4 Å². The average molecular weight is 274 g/mol. The Morgan fingerprint density at radius 3 is 2.84 bits per heavy atom. The number of aromatic nitrogens is 1. The predicted octanol–water partition coefficient (Wildman–Crippen LogP) is 4.09. The Morgan fingerprint density at radius 2 is 2.16 bits per heavy atom. The first-order chi connectivity index (χ1) is 9.13. The maximum absolute atomic E-state index is 11.9. The van der Waals surface area contributed by atoms with E-state index >= 15 is 0 Å². The molecule has 0 radical (unpaired) electrons. The highest BCUT2D eigenvalue weighted by Gasteiger charge is 2.30. The van der Waals surface area contributed by atoms with Crippen LogP contribution in [-0.2, 0) is 6.54 Å². The van der Waals surface area contributed by atoms with Gasteiger partial charge in [-0.05, 0) is 43.0 Å². The van der Waals surface area contributed by atoms with Crippen molar-refractivity contribution in [2.45, 2.75) is 26.3 Å². The van der Waals surface area contributed by atoms with Crippen LogP contribution in [0.4, 0.5) is 0 Å². The van der Waals surface area contributed by atoms with Crippen molar-refractivity contribution < 1.29 is 4.79 Å². The third-order valence-electron chi connectivity index (χ3n) is 3.54. The van der Waals surface area contributed by atoms with Crippen LogP contribution >= 0.6 is 11.6 Å². The summed E-state index contributed by atoms with van der Waals surface area (Å²) in [5.74, 6) is 0.563. The lowest BCUT2D eigenvalue weighted by Gasteiger charge is -2.06. The van der Waals surface area contributed by atoms with Crippen molar-refractivity contribution in [1.82, 2.24) is 4.57 Å². The number of rotatable bonds is 4. The molecule has 98 valence electrons. The van der Waals surface area contributed by atoms with Crippen LogP contribution in [0.1, 0.15) is 34.3 Å². The minimum Gasteiger partial charge on any atom is -0.349 e. The lowest BCUT2D eigenvalue weighted by Crippen LogP contribution is -2.01. The van der Waals surface area contributed by atoms with E-state index in [0.717, 1.165) is 34.6 Å². The fraction of sp³-hybridized carbons (Fsp3) is 0.312. The van der Waals surface area contributed by atoms with Gasteiger partial charge in [-0.2, -0.15) is 0 Å². The maximum Gasteiger partial charge on any atom is 0.167 e. The summed E-state index contributed by atoms with van der Waals surface area (Å²) >= 11 is 6.23. The van der Waals surface area contributed by atoms with E-state index < -0.39 is 0 Å². The SMILES string of the molecule is Cc1ccc(Cn2ccc(C(=O)C3CC3)c2)c(Cl)c1. The molecule has 0 N–H and O–H groups in total. The van der Waals surface area contributed by atoms with E-state index in [9.17, 15) is 4.79 Å². The smallest absolute Gasteiger partial charge is 0.167 e. The molecular formula is C16H16ClNO. The zero-order valence-corrected chi connectivity index (χ0v) is 11.7. The molecule has 1 fully saturated rings. The third-order valence-corrected chi connectivity index (χ3v) is 3.90. The highest BCUT2D eigenvalue weighted by molar-refractivity contribution is 6.31. The molecule has 1 heterocycles. The van der Waals surface area contributed by atoms with Crippen molar-refractivity contribution in [3.8, 4) is 0 Å². The first-order valence-electron chi connectivity index (χ1n) is 6.58. The van der Waals surface area contributed by atoms with Gasteiger partial charge in [-0.15, -0.1) is 0 Å². The predicted molar refractivity (Wildman–Crippen MR) is 76.8 cm³/mol. The van der Waals surface area contributed by atoms with E-state index in [1.165, 1.54) is 0 Å². The number of nitrogens with zero attached hydrogens (tertiary/aromatic N) is 1. The van der Waals surface area contributed by atoms with Gasteiger partial charge in [0.2, 0.25) is 0 Å². The molecule has 1 aliphatic carbocycles. The van der Waals surface area contributed by atoms with E-state index in [1.807, 2.05) is 42.1 Å². The summed E-state index contributed by atoms with van der Waals surface area (Å²) in [4.78, 5) is 11.9. The normalized spacial score (nSPS) is 14.6. The van der Waals surface area contributed by atoms with Crippen molar-refractivity contribution in [2.75, 3.05) is 0 Å². The number of carbonyl (C=O) groups is 1.